The number of nitrogen functional groups attached to an aromatic ring is 1. The summed E-state index contributed by atoms with van der Waals surface area (Å²) >= 11 is 12.3. The van der Waals surface area contributed by atoms with E-state index < -0.39 is 0 Å². The molecule has 0 aromatic carbocycles. The van der Waals surface area contributed by atoms with Gasteiger partial charge in [0.25, 0.3) is 0 Å². The topological polar surface area (TPSA) is 30.9 Å². The molecular weight excluding hydrogens is 231 g/mol. The van der Waals surface area contributed by atoms with Crippen molar-refractivity contribution in [3.63, 3.8) is 0 Å². The number of aromatic nitrogens is 1. The molecule has 82 valence electrons. The normalized spacial score (nSPS) is 17.8. The van der Waals surface area contributed by atoms with Crippen LogP contribution in [0.4, 0.5) is 0 Å². The van der Waals surface area contributed by atoms with E-state index >= 15 is 0 Å². The summed E-state index contributed by atoms with van der Waals surface area (Å²) in [6, 6.07) is 0. The van der Waals surface area contributed by atoms with Gasteiger partial charge in [-0.25, -0.2) is 0 Å². The van der Waals surface area contributed by atoms with Gasteiger partial charge in [-0.1, -0.05) is 36.7 Å². The van der Waals surface area contributed by atoms with Crippen LogP contribution in [0, 0.1) is 0 Å². The molecule has 0 saturated heterocycles. The first-order chi connectivity index (χ1) is 7.07. The fraction of sp³-hybridized carbons (Fsp3) is 0.455. The predicted molar refractivity (Wildman–Crippen MR) is 65.9 cm³/mol. The number of nitrogens with two attached hydrogens (primary N) is 1. The van der Waals surface area contributed by atoms with Gasteiger partial charge in [0, 0.05) is 5.41 Å². The molecule has 0 aliphatic heterocycles. The summed E-state index contributed by atoms with van der Waals surface area (Å²) in [5.74, 6) is 5.99. The Kier molecular flexibility index (Phi) is 2.52. The molecule has 1 aliphatic carbocycles. The van der Waals surface area contributed by atoms with Crippen molar-refractivity contribution in [2.45, 2.75) is 31.6 Å². The third-order valence-electron chi connectivity index (χ3n) is 3.35. The second kappa shape index (κ2) is 3.46. The molecule has 0 bridgehead atoms. The minimum Gasteiger partial charge on any atom is -0.339 e. The molecular formula is C11H14Cl2N2. The lowest BCUT2D eigenvalue weighted by atomic mass is 9.99. The van der Waals surface area contributed by atoms with Crippen LogP contribution in [-0.4, -0.2) is 4.68 Å². The third kappa shape index (κ3) is 1.39. The molecule has 1 aliphatic rings. The molecule has 1 aromatic heterocycles. The Morgan fingerprint density at radius 3 is 2.40 bits per heavy atom. The monoisotopic (exact) mass is 244 g/mol. The molecule has 2 rings (SSSR count). The average Bonchev–Trinajstić information content (AvgIpc) is 2.96. The molecule has 1 saturated carbocycles. The largest absolute Gasteiger partial charge is 0.339 e. The van der Waals surface area contributed by atoms with Crippen molar-refractivity contribution in [2.24, 2.45) is 0 Å². The van der Waals surface area contributed by atoms with E-state index in [0.29, 0.717) is 15.7 Å². The molecule has 1 heterocycles. The Labute approximate surface area is 99.6 Å². The van der Waals surface area contributed by atoms with Gasteiger partial charge in [-0.2, -0.15) is 0 Å². The van der Waals surface area contributed by atoms with Gasteiger partial charge in [0.05, 0.1) is 21.4 Å². The summed E-state index contributed by atoms with van der Waals surface area (Å²) in [5.41, 5.74) is 1.82. The molecule has 1 fully saturated rings. The van der Waals surface area contributed by atoms with Gasteiger partial charge in [0.1, 0.15) is 0 Å². The zero-order chi connectivity index (χ0) is 11.2. The van der Waals surface area contributed by atoms with E-state index in [1.54, 1.807) is 10.8 Å². The molecule has 0 unspecified atom stereocenters. The van der Waals surface area contributed by atoms with Crippen LogP contribution in [0.5, 0.6) is 0 Å². The van der Waals surface area contributed by atoms with E-state index in [2.05, 4.69) is 13.5 Å². The van der Waals surface area contributed by atoms with Crippen molar-refractivity contribution in [1.29, 1.82) is 0 Å². The van der Waals surface area contributed by atoms with Crippen molar-refractivity contribution in [3.05, 3.63) is 28.0 Å². The maximum absolute atomic E-state index is 6.22. The summed E-state index contributed by atoms with van der Waals surface area (Å²) in [4.78, 5) is 0. The van der Waals surface area contributed by atoms with Gasteiger partial charge >= 0.3 is 0 Å². The quantitative estimate of drug-likeness (QED) is 0.810. The zero-order valence-corrected chi connectivity index (χ0v) is 10.2. The fourth-order valence-corrected chi connectivity index (χ4v) is 2.78. The van der Waals surface area contributed by atoms with Crippen molar-refractivity contribution < 1.29 is 0 Å². The number of nitrogens with zero attached hydrogens (tertiary/aromatic N) is 1. The summed E-state index contributed by atoms with van der Waals surface area (Å²) in [6.07, 6.45) is 4.96. The SMILES string of the molecule is C=Cc1c(Cl)c(Cl)c(C2(CC)CC2)n1N. The van der Waals surface area contributed by atoms with Crippen LogP contribution in [0.25, 0.3) is 6.08 Å². The van der Waals surface area contributed by atoms with Gasteiger partial charge in [0.15, 0.2) is 0 Å². The highest BCUT2D eigenvalue weighted by atomic mass is 35.5. The highest BCUT2D eigenvalue weighted by molar-refractivity contribution is 6.43. The van der Waals surface area contributed by atoms with Gasteiger partial charge in [-0.15, -0.1) is 0 Å². The second-order valence-corrected chi connectivity index (χ2v) is 4.83. The predicted octanol–water partition coefficient (Wildman–Crippen LogP) is 3.59. The highest BCUT2D eigenvalue weighted by Gasteiger charge is 2.47. The van der Waals surface area contributed by atoms with Gasteiger partial charge in [-0.3, -0.25) is 4.68 Å². The first-order valence-electron chi connectivity index (χ1n) is 5.05. The van der Waals surface area contributed by atoms with Crippen molar-refractivity contribution in [1.82, 2.24) is 4.68 Å². The van der Waals surface area contributed by atoms with Gasteiger partial charge < -0.3 is 5.84 Å². The van der Waals surface area contributed by atoms with E-state index in [9.17, 15) is 0 Å². The van der Waals surface area contributed by atoms with Crippen LogP contribution in [0.1, 0.15) is 37.6 Å². The second-order valence-electron chi connectivity index (χ2n) is 4.07. The molecule has 0 atom stereocenters. The zero-order valence-electron chi connectivity index (χ0n) is 8.69. The molecule has 1 aromatic rings. The van der Waals surface area contributed by atoms with E-state index in [1.165, 1.54) is 0 Å². The minimum absolute atomic E-state index is 0.150. The molecule has 2 N–H and O–H groups in total. The maximum Gasteiger partial charge on any atom is 0.0867 e. The number of hydrogen-bond acceptors (Lipinski definition) is 1. The third-order valence-corrected chi connectivity index (χ3v) is 4.20. The standard InChI is InChI=1S/C11H14Cl2N2/c1-3-7-8(12)9(13)10(15(7)14)11(4-2)5-6-11/h3H,1,4-6,14H2,2H3. The number of hydrogen-bond donors (Lipinski definition) is 1. The van der Waals surface area contributed by atoms with Crippen LogP contribution >= 0.6 is 23.2 Å². The summed E-state index contributed by atoms with van der Waals surface area (Å²) in [6.45, 7) is 5.84. The minimum atomic E-state index is 0.150. The first kappa shape index (κ1) is 10.9. The first-order valence-corrected chi connectivity index (χ1v) is 5.80. The summed E-state index contributed by atoms with van der Waals surface area (Å²) in [5, 5.41) is 1.11. The van der Waals surface area contributed by atoms with Crippen LogP contribution < -0.4 is 5.84 Å². The molecule has 2 nitrogen and oxygen atoms in total. The smallest absolute Gasteiger partial charge is 0.0867 e. The van der Waals surface area contributed by atoms with Crippen molar-refractivity contribution in [3.8, 4) is 0 Å². The Hall–Kier alpha value is -0.600. The van der Waals surface area contributed by atoms with Crippen LogP contribution in [-0.2, 0) is 5.41 Å². The van der Waals surface area contributed by atoms with Gasteiger partial charge in [-0.05, 0) is 25.3 Å². The molecule has 4 heteroatoms. The molecule has 15 heavy (non-hydrogen) atoms. The molecule has 0 radical (unpaired) electrons. The number of halogens is 2. The Morgan fingerprint density at radius 1 is 1.47 bits per heavy atom. The lowest BCUT2D eigenvalue weighted by Gasteiger charge is -2.14. The summed E-state index contributed by atoms with van der Waals surface area (Å²) in [7, 11) is 0. The van der Waals surface area contributed by atoms with Gasteiger partial charge in [0.2, 0.25) is 0 Å². The van der Waals surface area contributed by atoms with Crippen LogP contribution in [0.15, 0.2) is 6.58 Å². The summed E-state index contributed by atoms with van der Waals surface area (Å²) < 4.78 is 1.59. The fourth-order valence-electron chi connectivity index (χ4n) is 2.13. The van der Waals surface area contributed by atoms with E-state index in [-0.39, 0.29) is 5.41 Å². The maximum atomic E-state index is 6.22. The Balaban J connectivity index is 2.62. The lowest BCUT2D eigenvalue weighted by molar-refractivity contribution is 0.618. The molecule has 0 spiro atoms. The van der Waals surface area contributed by atoms with E-state index in [4.69, 9.17) is 29.0 Å². The number of rotatable bonds is 3. The average molecular weight is 245 g/mol. The Morgan fingerprint density at radius 2 is 2.07 bits per heavy atom. The molecule has 0 amide bonds. The highest BCUT2D eigenvalue weighted by Crippen LogP contribution is 2.54. The van der Waals surface area contributed by atoms with Crippen molar-refractivity contribution >= 4 is 29.3 Å². The van der Waals surface area contributed by atoms with E-state index in [1.807, 2.05) is 0 Å². The van der Waals surface area contributed by atoms with E-state index in [0.717, 1.165) is 25.0 Å². The lowest BCUT2D eigenvalue weighted by Crippen LogP contribution is -2.20. The van der Waals surface area contributed by atoms with Crippen LogP contribution in [0.3, 0.4) is 0 Å². The Bertz CT molecular complexity index is 417. The van der Waals surface area contributed by atoms with Crippen molar-refractivity contribution in [2.75, 3.05) is 5.84 Å². The van der Waals surface area contributed by atoms with Crippen LogP contribution in [0.2, 0.25) is 10.0 Å².